The Balaban J connectivity index is 1.68. The number of carbonyl (C=O) groups is 1. The average Bonchev–Trinajstić information content (AvgIpc) is 2.86. The highest BCUT2D eigenvalue weighted by Crippen LogP contribution is 2.06. The molecular weight excluding hydrogens is 266 g/mol. The summed E-state index contributed by atoms with van der Waals surface area (Å²) in [4.78, 5) is 18.1. The van der Waals surface area contributed by atoms with E-state index in [4.69, 9.17) is 11.6 Å². The third-order valence-corrected chi connectivity index (χ3v) is 3.00. The van der Waals surface area contributed by atoms with Gasteiger partial charge in [0.15, 0.2) is 5.29 Å². The number of halogens is 1. The van der Waals surface area contributed by atoms with Crippen molar-refractivity contribution >= 4 is 22.8 Å². The summed E-state index contributed by atoms with van der Waals surface area (Å²) in [6.07, 6.45) is 6.57. The lowest BCUT2D eigenvalue weighted by atomic mass is 10.2. The van der Waals surface area contributed by atoms with E-state index in [0.717, 1.165) is 19.6 Å². The molecule has 0 radical (unpaired) electrons. The number of carbonyl (C=O) groups excluding carboxylic acids is 1. The lowest BCUT2D eigenvalue weighted by Gasteiger charge is -2.17. The molecule has 2 heterocycles. The molecule has 2 aliphatic heterocycles. The van der Waals surface area contributed by atoms with Gasteiger partial charge in [-0.2, -0.15) is 0 Å². The lowest BCUT2D eigenvalue weighted by Crippen LogP contribution is -2.37. The van der Waals surface area contributed by atoms with E-state index in [1.165, 1.54) is 0 Å². The maximum absolute atomic E-state index is 11.9. The quantitative estimate of drug-likeness (QED) is 0.501. The number of nitrogens with zero attached hydrogens (tertiary/aromatic N) is 2. The average molecular weight is 284 g/mol. The fourth-order valence-corrected chi connectivity index (χ4v) is 2.14. The van der Waals surface area contributed by atoms with E-state index < -0.39 is 0 Å². The molecule has 7 heteroatoms. The van der Waals surface area contributed by atoms with Gasteiger partial charge in [0.25, 0.3) is 5.91 Å². The Labute approximate surface area is 117 Å². The summed E-state index contributed by atoms with van der Waals surface area (Å²) in [5.41, 5.74) is 0.468. The van der Waals surface area contributed by atoms with Gasteiger partial charge in [-0.1, -0.05) is 0 Å². The molecule has 0 aromatic rings. The van der Waals surface area contributed by atoms with Crippen molar-refractivity contribution in [1.82, 2.24) is 20.9 Å². The number of rotatable bonds is 5. The number of amides is 1. The van der Waals surface area contributed by atoms with E-state index in [0.29, 0.717) is 12.2 Å². The molecule has 6 nitrogen and oxygen atoms in total. The summed E-state index contributed by atoms with van der Waals surface area (Å²) >= 11 is 5.79. The van der Waals surface area contributed by atoms with Crippen LogP contribution in [0.1, 0.15) is 13.3 Å². The molecule has 104 valence electrons. The first-order valence-corrected chi connectivity index (χ1v) is 6.67. The highest BCUT2D eigenvalue weighted by Gasteiger charge is 2.16. The lowest BCUT2D eigenvalue weighted by molar-refractivity contribution is -0.117. The van der Waals surface area contributed by atoms with Gasteiger partial charge >= 0.3 is 0 Å². The maximum atomic E-state index is 11.9. The van der Waals surface area contributed by atoms with Crippen LogP contribution < -0.4 is 16.0 Å². The first-order valence-electron chi connectivity index (χ1n) is 6.29. The first kappa shape index (κ1) is 13.7. The summed E-state index contributed by atoms with van der Waals surface area (Å²) < 4.78 is 0. The van der Waals surface area contributed by atoms with Crippen LogP contribution in [-0.4, -0.2) is 41.9 Å². The van der Waals surface area contributed by atoms with Crippen LogP contribution in [-0.2, 0) is 4.79 Å². The van der Waals surface area contributed by atoms with Crippen molar-refractivity contribution in [2.75, 3.05) is 19.8 Å². The van der Waals surface area contributed by atoms with E-state index in [9.17, 15) is 4.79 Å². The molecule has 1 unspecified atom stereocenters. The monoisotopic (exact) mass is 283 g/mol. The molecular formula is C12H18ClN5O. The van der Waals surface area contributed by atoms with E-state index in [1.807, 2.05) is 19.3 Å². The van der Waals surface area contributed by atoms with Gasteiger partial charge in [-0.15, -0.1) is 0 Å². The molecule has 3 N–H and O–H groups in total. The Bertz CT molecular complexity index is 432. The third kappa shape index (κ3) is 4.17. The van der Waals surface area contributed by atoms with Crippen molar-refractivity contribution in [3.05, 3.63) is 24.2 Å². The molecule has 0 bridgehead atoms. The van der Waals surface area contributed by atoms with Crippen LogP contribution >= 0.6 is 11.6 Å². The number of hydrogen-bond acceptors (Lipinski definition) is 5. The number of aliphatic imine (C=N–C) groups is 1. The van der Waals surface area contributed by atoms with Crippen molar-refractivity contribution in [1.29, 1.82) is 0 Å². The molecule has 0 fully saturated rings. The zero-order valence-electron chi connectivity index (χ0n) is 10.8. The molecule has 1 atom stereocenters. The Morgan fingerprint density at radius 1 is 1.68 bits per heavy atom. The van der Waals surface area contributed by atoms with Gasteiger partial charge in [-0.05, 0) is 31.0 Å². The molecule has 19 heavy (non-hydrogen) atoms. The molecule has 0 saturated heterocycles. The molecule has 0 aliphatic carbocycles. The van der Waals surface area contributed by atoms with Crippen LogP contribution in [0.4, 0.5) is 0 Å². The highest BCUT2D eigenvalue weighted by atomic mass is 35.5. The maximum Gasteiger partial charge on any atom is 0.267 e. The van der Waals surface area contributed by atoms with Crippen LogP contribution in [0.25, 0.3) is 0 Å². The van der Waals surface area contributed by atoms with Crippen LogP contribution in [0.5, 0.6) is 0 Å². The minimum absolute atomic E-state index is 0.0738. The second-order valence-electron chi connectivity index (χ2n) is 4.47. The van der Waals surface area contributed by atoms with Gasteiger partial charge in [0, 0.05) is 25.5 Å². The second-order valence-corrected chi connectivity index (χ2v) is 4.82. The molecule has 2 aliphatic rings. The van der Waals surface area contributed by atoms with Gasteiger partial charge in [0.05, 0.1) is 12.7 Å². The molecule has 0 saturated carbocycles. The Morgan fingerprint density at radius 2 is 2.53 bits per heavy atom. The molecule has 0 aromatic carbocycles. The predicted molar refractivity (Wildman–Crippen MR) is 75.4 cm³/mol. The standard InChI is InChI=1S/C12H18ClN5O/c1-9-7-10(17-12(13)16-9)11(19)15-3-2-5-18-6-4-14-8-18/h4,6-7,9,14H,2-3,5,8H2,1H3,(H,15,19)(H,16,17). The van der Waals surface area contributed by atoms with E-state index in [1.54, 1.807) is 6.08 Å². The van der Waals surface area contributed by atoms with Gasteiger partial charge in [0.2, 0.25) is 0 Å². The summed E-state index contributed by atoms with van der Waals surface area (Å²) in [7, 11) is 0. The zero-order chi connectivity index (χ0) is 13.7. The number of hydrogen-bond donors (Lipinski definition) is 3. The first-order chi connectivity index (χ1) is 9.15. The zero-order valence-corrected chi connectivity index (χ0v) is 11.6. The molecule has 0 spiro atoms. The molecule has 0 aromatic heterocycles. The van der Waals surface area contributed by atoms with Crippen LogP contribution in [0.3, 0.4) is 0 Å². The van der Waals surface area contributed by atoms with Crippen molar-refractivity contribution in [2.24, 2.45) is 4.99 Å². The minimum atomic E-state index is -0.144. The van der Waals surface area contributed by atoms with E-state index in [-0.39, 0.29) is 17.2 Å². The predicted octanol–water partition coefficient (Wildman–Crippen LogP) is 0.297. The number of amidine groups is 1. The topological polar surface area (TPSA) is 68.8 Å². The van der Waals surface area contributed by atoms with Crippen LogP contribution in [0.2, 0.25) is 0 Å². The molecule has 1 amide bonds. The van der Waals surface area contributed by atoms with E-state index >= 15 is 0 Å². The van der Waals surface area contributed by atoms with Crippen molar-refractivity contribution in [2.45, 2.75) is 19.4 Å². The minimum Gasteiger partial charge on any atom is -0.373 e. The largest absolute Gasteiger partial charge is 0.373 e. The Hall–Kier alpha value is -1.69. The van der Waals surface area contributed by atoms with E-state index in [2.05, 4.69) is 25.8 Å². The summed E-state index contributed by atoms with van der Waals surface area (Å²) in [5.74, 6) is -0.144. The SMILES string of the molecule is CC1C=C(C(=O)NCCCN2C=CNC2)NC(Cl)=N1. The van der Waals surface area contributed by atoms with Crippen LogP contribution in [0.15, 0.2) is 29.2 Å². The summed E-state index contributed by atoms with van der Waals surface area (Å²) in [6, 6.07) is -0.0738. The fourth-order valence-electron chi connectivity index (χ4n) is 1.89. The third-order valence-electron chi connectivity index (χ3n) is 2.81. The Morgan fingerprint density at radius 3 is 3.21 bits per heavy atom. The van der Waals surface area contributed by atoms with Crippen molar-refractivity contribution in [3.8, 4) is 0 Å². The van der Waals surface area contributed by atoms with Crippen molar-refractivity contribution < 1.29 is 4.79 Å². The highest BCUT2D eigenvalue weighted by molar-refractivity contribution is 6.65. The van der Waals surface area contributed by atoms with Crippen LogP contribution in [0, 0.1) is 0 Å². The van der Waals surface area contributed by atoms with Gasteiger partial charge < -0.3 is 20.9 Å². The van der Waals surface area contributed by atoms with Gasteiger partial charge in [-0.3, -0.25) is 9.79 Å². The smallest absolute Gasteiger partial charge is 0.267 e. The summed E-state index contributed by atoms with van der Waals surface area (Å²) in [6.45, 7) is 4.26. The van der Waals surface area contributed by atoms with Gasteiger partial charge in [-0.25, -0.2) is 0 Å². The van der Waals surface area contributed by atoms with Gasteiger partial charge in [0.1, 0.15) is 5.70 Å². The second kappa shape index (κ2) is 6.47. The normalized spacial score (nSPS) is 21.4. The fraction of sp³-hybridized carbons (Fsp3) is 0.500. The summed E-state index contributed by atoms with van der Waals surface area (Å²) in [5, 5.41) is 8.98. The Kier molecular flexibility index (Phi) is 4.68. The molecule has 2 rings (SSSR count). The van der Waals surface area contributed by atoms with Crippen molar-refractivity contribution in [3.63, 3.8) is 0 Å². The number of nitrogens with one attached hydrogen (secondary N) is 3.